The zero-order valence-corrected chi connectivity index (χ0v) is 21.4. The third kappa shape index (κ3) is 2.83. The molecule has 6 nitrogen and oxygen atoms in total. The van der Waals surface area contributed by atoms with E-state index >= 15 is 0 Å². The standard InChI is InChI=1S/C31H36N4O2/c36-30-20-16-21(29-27-19-15-18-24(25(18)27)26(19)28(20)29)31(37)35(30)10-4-3-9-33-11-13-34(14-12-33)23-8-7-17-5-1-2-6-22(17)32-23/h1-2,5-8,18-21,24-29H,3-4,9-16H2. The molecule has 0 N–H and O–H groups in total. The van der Waals surface area contributed by atoms with Gasteiger partial charge in [0.15, 0.2) is 0 Å². The molecular formula is C31H36N4O2. The number of hydrogen-bond acceptors (Lipinski definition) is 5. The highest BCUT2D eigenvalue weighted by molar-refractivity contribution is 6.01. The average Bonchev–Trinajstić information content (AvgIpc) is 3.38. The molecule has 1 aromatic heterocycles. The molecule has 8 bridgehead atoms. The smallest absolute Gasteiger partial charge is 0.232 e. The van der Waals surface area contributed by atoms with Gasteiger partial charge in [-0.3, -0.25) is 19.4 Å². The Hall–Kier alpha value is -2.47. The van der Waals surface area contributed by atoms with E-state index in [4.69, 9.17) is 4.98 Å². The molecule has 6 heteroatoms. The summed E-state index contributed by atoms with van der Waals surface area (Å²) in [6.07, 6.45) is 4.29. The lowest BCUT2D eigenvalue weighted by Gasteiger charge is -2.36. The summed E-state index contributed by atoms with van der Waals surface area (Å²) >= 11 is 0. The number of amides is 2. The van der Waals surface area contributed by atoms with Gasteiger partial charge < -0.3 is 4.90 Å². The number of aromatic nitrogens is 1. The second-order valence-corrected chi connectivity index (χ2v) is 13.2. The van der Waals surface area contributed by atoms with Crippen molar-refractivity contribution in [3.05, 3.63) is 36.4 Å². The van der Waals surface area contributed by atoms with Crippen LogP contribution in [-0.2, 0) is 9.59 Å². The quantitative estimate of drug-likeness (QED) is 0.453. The minimum atomic E-state index is 0.169. The zero-order valence-electron chi connectivity index (χ0n) is 21.4. The minimum Gasteiger partial charge on any atom is -0.354 e. The molecular weight excluding hydrogens is 460 g/mol. The van der Waals surface area contributed by atoms with E-state index in [1.807, 2.05) is 6.07 Å². The molecule has 37 heavy (non-hydrogen) atoms. The number of fused-ring (bicyclic) bond motifs is 6. The van der Waals surface area contributed by atoms with Gasteiger partial charge in [0.1, 0.15) is 5.82 Å². The fourth-order valence-corrected chi connectivity index (χ4v) is 10.8. The van der Waals surface area contributed by atoms with E-state index in [9.17, 15) is 9.59 Å². The summed E-state index contributed by atoms with van der Waals surface area (Å²) in [7, 11) is 0. The number of nitrogens with zero attached hydrogens (tertiary/aromatic N) is 4. The number of para-hydroxylation sites is 1. The number of anilines is 1. The third-order valence-corrected chi connectivity index (χ3v) is 12.0. The number of hydrogen-bond donors (Lipinski definition) is 0. The maximum Gasteiger partial charge on any atom is 0.232 e. The zero-order chi connectivity index (χ0) is 24.4. The van der Waals surface area contributed by atoms with E-state index in [0.29, 0.717) is 18.4 Å². The van der Waals surface area contributed by atoms with Crippen LogP contribution >= 0.6 is 0 Å². The van der Waals surface area contributed by atoms with Crippen molar-refractivity contribution in [1.82, 2.24) is 14.8 Å². The fraction of sp³-hybridized carbons (Fsp3) is 0.645. The number of unbranched alkanes of at least 4 members (excludes halogenated alkanes) is 1. The van der Waals surface area contributed by atoms with E-state index in [2.05, 4.69) is 40.1 Å². The van der Waals surface area contributed by atoms with Gasteiger partial charge in [-0.15, -0.1) is 0 Å². The lowest BCUT2D eigenvalue weighted by Crippen LogP contribution is -2.49. The van der Waals surface area contributed by atoms with Crippen LogP contribution in [0.2, 0.25) is 0 Å². The molecule has 2 aromatic rings. The normalized spacial score (nSPS) is 42.8. The molecule has 2 saturated heterocycles. The molecule has 2 aliphatic heterocycles. The van der Waals surface area contributed by atoms with Gasteiger partial charge in [0.05, 0.1) is 5.52 Å². The Labute approximate surface area is 218 Å². The van der Waals surface area contributed by atoms with Gasteiger partial charge in [0.2, 0.25) is 11.8 Å². The molecule has 8 atom stereocenters. The number of carbonyl (C=O) groups is 2. The maximum absolute atomic E-state index is 13.5. The number of piperidine rings is 1. The first-order chi connectivity index (χ1) is 18.2. The Morgan fingerprint density at radius 1 is 0.703 bits per heavy atom. The molecule has 1 aromatic carbocycles. The van der Waals surface area contributed by atoms with Crippen molar-refractivity contribution in [2.75, 3.05) is 44.2 Å². The van der Waals surface area contributed by atoms with Crippen molar-refractivity contribution in [2.24, 2.45) is 59.2 Å². The number of piperazine rings is 1. The van der Waals surface area contributed by atoms with Crippen LogP contribution in [-0.4, -0.2) is 65.9 Å². The molecule has 0 radical (unpaired) electrons. The number of likely N-dealkylation sites (tertiary alicyclic amines) is 1. The molecule has 6 aliphatic carbocycles. The fourth-order valence-electron chi connectivity index (χ4n) is 10.8. The molecule has 8 unspecified atom stereocenters. The third-order valence-electron chi connectivity index (χ3n) is 12.0. The van der Waals surface area contributed by atoms with Crippen molar-refractivity contribution in [3.63, 3.8) is 0 Å². The van der Waals surface area contributed by atoms with Crippen LogP contribution in [0.5, 0.6) is 0 Å². The van der Waals surface area contributed by atoms with E-state index in [0.717, 1.165) is 98.8 Å². The lowest BCUT2D eigenvalue weighted by atomic mass is 9.76. The number of benzene rings is 1. The Kier molecular flexibility index (Phi) is 4.38. The highest BCUT2D eigenvalue weighted by Gasteiger charge is 2.83. The van der Waals surface area contributed by atoms with E-state index in [1.165, 1.54) is 11.8 Å². The Morgan fingerprint density at radius 3 is 2.05 bits per heavy atom. The largest absolute Gasteiger partial charge is 0.354 e. The number of rotatable bonds is 6. The maximum atomic E-state index is 13.5. The van der Waals surface area contributed by atoms with E-state index in [1.54, 1.807) is 4.90 Å². The summed E-state index contributed by atoms with van der Waals surface area (Å²) in [4.78, 5) is 38.5. The minimum absolute atomic E-state index is 0.169. The van der Waals surface area contributed by atoms with Gasteiger partial charge in [-0.1, -0.05) is 18.2 Å². The predicted molar refractivity (Wildman–Crippen MR) is 140 cm³/mol. The van der Waals surface area contributed by atoms with Crippen molar-refractivity contribution in [1.29, 1.82) is 0 Å². The van der Waals surface area contributed by atoms with Crippen LogP contribution in [0.25, 0.3) is 10.9 Å². The van der Waals surface area contributed by atoms with Crippen LogP contribution in [0.4, 0.5) is 5.82 Å². The molecule has 3 heterocycles. The Morgan fingerprint density at radius 2 is 1.35 bits per heavy atom. The average molecular weight is 497 g/mol. The predicted octanol–water partition coefficient (Wildman–Crippen LogP) is 3.52. The molecule has 0 spiro atoms. The van der Waals surface area contributed by atoms with Crippen LogP contribution in [0.1, 0.15) is 25.7 Å². The van der Waals surface area contributed by atoms with E-state index < -0.39 is 0 Å². The van der Waals surface area contributed by atoms with Crippen LogP contribution in [0.15, 0.2) is 36.4 Å². The summed E-state index contributed by atoms with van der Waals surface area (Å²) in [6, 6.07) is 12.6. The van der Waals surface area contributed by atoms with Crippen LogP contribution in [0, 0.1) is 59.2 Å². The summed E-state index contributed by atoms with van der Waals surface area (Å²) < 4.78 is 0. The molecule has 192 valence electrons. The summed E-state index contributed by atoms with van der Waals surface area (Å²) in [5.41, 5.74) is 1.06. The summed E-state index contributed by atoms with van der Waals surface area (Å²) in [5, 5.41) is 1.19. The molecule has 10 rings (SSSR count). The summed E-state index contributed by atoms with van der Waals surface area (Å²) in [5.74, 6) is 8.30. The second-order valence-electron chi connectivity index (χ2n) is 13.2. The van der Waals surface area contributed by atoms with Crippen molar-refractivity contribution >= 4 is 28.5 Å². The monoisotopic (exact) mass is 496 g/mol. The van der Waals surface area contributed by atoms with Gasteiger partial charge in [0.25, 0.3) is 0 Å². The van der Waals surface area contributed by atoms with Crippen LogP contribution < -0.4 is 4.90 Å². The topological polar surface area (TPSA) is 56.8 Å². The summed E-state index contributed by atoms with van der Waals surface area (Å²) in [6.45, 7) is 5.75. The van der Waals surface area contributed by atoms with Crippen molar-refractivity contribution in [3.8, 4) is 0 Å². The van der Waals surface area contributed by atoms with Crippen LogP contribution in [0.3, 0.4) is 0 Å². The highest BCUT2D eigenvalue weighted by Crippen LogP contribution is 2.86. The Balaban J connectivity index is 0.785. The number of carbonyl (C=O) groups excluding carboxylic acids is 2. The van der Waals surface area contributed by atoms with Gasteiger partial charge in [-0.2, -0.15) is 0 Å². The highest BCUT2D eigenvalue weighted by atomic mass is 16.2. The number of pyridine rings is 1. The second kappa shape index (κ2) is 7.56. The number of imide groups is 1. The van der Waals surface area contributed by atoms with Crippen molar-refractivity contribution < 1.29 is 9.59 Å². The first kappa shape index (κ1) is 21.5. The van der Waals surface area contributed by atoms with Gasteiger partial charge in [-0.05, 0) is 97.8 Å². The first-order valence-corrected chi connectivity index (χ1v) is 14.9. The van der Waals surface area contributed by atoms with E-state index in [-0.39, 0.29) is 23.7 Å². The van der Waals surface area contributed by atoms with Gasteiger partial charge in [0, 0.05) is 49.9 Å². The molecule has 2 amide bonds. The molecule has 8 aliphatic rings. The molecule has 8 fully saturated rings. The van der Waals surface area contributed by atoms with Crippen molar-refractivity contribution in [2.45, 2.75) is 25.7 Å². The SMILES string of the molecule is O=C1C2CC(C(=O)N1CCCCN1CCN(c3ccc4ccccc4n3)CC1)C1C2C2C3CC4C2C4C31. The Bertz CT molecular complexity index is 1260. The van der Waals surface area contributed by atoms with Gasteiger partial charge in [-0.25, -0.2) is 4.98 Å². The molecule has 6 saturated carbocycles. The van der Waals surface area contributed by atoms with Gasteiger partial charge >= 0.3 is 0 Å². The first-order valence-electron chi connectivity index (χ1n) is 14.9. The lowest BCUT2D eigenvalue weighted by molar-refractivity contribution is -0.154.